The van der Waals surface area contributed by atoms with Crippen LogP contribution >= 0.6 is 0 Å². The van der Waals surface area contributed by atoms with Gasteiger partial charge in [-0.3, -0.25) is 0 Å². The summed E-state index contributed by atoms with van der Waals surface area (Å²) in [5.74, 6) is 2.80. The van der Waals surface area contributed by atoms with Gasteiger partial charge < -0.3 is 5.73 Å². The van der Waals surface area contributed by atoms with Crippen molar-refractivity contribution in [1.29, 1.82) is 0 Å². The predicted octanol–water partition coefficient (Wildman–Crippen LogP) is 4.36. The van der Waals surface area contributed by atoms with Crippen LogP contribution in [0.15, 0.2) is 0 Å². The number of unbranched alkanes of at least 4 members (excludes halogenated alkanes) is 1. The Labute approximate surface area is 118 Å². The average Bonchev–Trinajstić information content (AvgIpc) is 3.12. The smallest absolute Gasteiger partial charge is 0.00458 e. The van der Waals surface area contributed by atoms with E-state index in [2.05, 4.69) is 13.8 Å². The lowest BCUT2D eigenvalue weighted by Crippen LogP contribution is -2.53. The van der Waals surface area contributed by atoms with Crippen LogP contribution in [0, 0.1) is 34.0 Å². The van der Waals surface area contributed by atoms with E-state index in [-0.39, 0.29) is 0 Å². The number of fused-ring (bicyclic) bond motifs is 3. The maximum atomic E-state index is 6.20. The lowest BCUT2D eigenvalue weighted by atomic mass is 9.45. The summed E-state index contributed by atoms with van der Waals surface area (Å²) in [7, 11) is 0. The maximum absolute atomic E-state index is 6.20. The van der Waals surface area contributed by atoms with E-state index in [9.17, 15) is 0 Å². The second-order valence-corrected chi connectivity index (χ2v) is 8.65. The first-order valence-electron chi connectivity index (χ1n) is 8.83. The summed E-state index contributed by atoms with van der Waals surface area (Å²) >= 11 is 0. The quantitative estimate of drug-likeness (QED) is 0.799. The van der Waals surface area contributed by atoms with Gasteiger partial charge in [-0.2, -0.15) is 0 Å². The van der Waals surface area contributed by atoms with Gasteiger partial charge in [-0.1, -0.05) is 26.7 Å². The van der Waals surface area contributed by atoms with E-state index in [1.165, 1.54) is 44.9 Å². The lowest BCUT2D eigenvalue weighted by Gasteiger charge is -2.59. The molecule has 0 radical (unpaired) electrons. The van der Waals surface area contributed by atoms with E-state index in [1.54, 1.807) is 12.8 Å². The van der Waals surface area contributed by atoms with Crippen molar-refractivity contribution in [3.63, 3.8) is 0 Å². The van der Waals surface area contributed by atoms with Crippen LogP contribution in [0.4, 0.5) is 0 Å². The van der Waals surface area contributed by atoms with E-state index in [4.69, 9.17) is 5.73 Å². The van der Waals surface area contributed by atoms with Gasteiger partial charge >= 0.3 is 0 Å². The van der Waals surface area contributed by atoms with Crippen molar-refractivity contribution >= 4 is 0 Å². The van der Waals surface area contributed by atoms with E-state index >= 15 is 0 Å². The van der Waals surface area contributed by atoms with E-state index in [1.807, 2.05) is 0 Å². The molecule has 5 rings (SSSR count). The molecule has 5 fully saturated rings. The molecule has 108 valence electrons. The molecule has 0 aliphatic heterocycles. The second-order valence-electron chi connectivity index (χ2n) is 8.65. The van der Waals surface area contributed by atoms with Gasteiger partial charge in [0.05, 0.1) is 0 Å². The highest BCUT2D eigenvalue weighted by Crippen LogP contribution is 2.91. The molecule has 5 aliphatic rings. The van der Waals surface area contributed by atoms with E-state index in [0.29, 0.717) is 0 Å². The van der Waals surface area contributed by atoms with Gasteiger partial charge in [-0.05, 0) is 85.5 Å². The third-order valence-corrected chi connectivity index (χ3v) is 8.10. The van der Waals surface area contributed by atoms with Crippen molar-refractivity contribution in [3.8, 4) is 0 Å². The summed E-state index contributed by atoms with van der Waals surface area (Å²) in [6.07, 6.45) is 13.6. The van der Waals surface area contributed by atoms with Crippen molar-refractivity contribution in [2.45, 2.75) is 71.6 Å². The molecule has 5 unspecified atom stereocenters. The number of nitrogens with two attached hydrogens (primary N) is 1. The zero-order valence-corrected chi connectivity index (χ0v) is 12.9. The van der Waals surface area contributed by atoms with Gasteiger partial charge in [0.1, 0.15) is 0 Å². The Kier molecular flexibility index (Phi) is 2.52. The van der Waals surface area contributed by atoms with Crippen LogP contribution in [0.3, 0.4) is 0 Å². The zero-order valence-electron chi connectivity index (χ0n) is 12.9. The normalized spacial score (nSPS) is 57.9. The molecule has 2 spiro atoms. The molecule has 0 aromatic rings. The fourth-order valence-corrected chi connectivity index (χ4v) is 7.44. The SMILES string of the molecule is CCCCC12CC13CCC31CC(CN)C2C[C@H](C)C1. The van der Waals surface area contributed by atoms with Crippen molar-refractivity contribution < 1.29 is 0 Å². The van der Waals surface area contributed by atoms with Gasteiger partial charge in [0.2, 0.25) is 0 Å². The maximum Gasteiger partial charge on any atom is -0.00458 e. The average molecular weight is 261 g/mol. The number of hydrogen-bond donors (Lipinski definition) is 1. The summed E-state index contributed by atoms with van der Waals surface area (Å²) in [6, 6.07) is 0. The van der Waals surface area contributed by atoms with Crippen LogP contribution in [-0.2, 0) is 0 Å². The molecule has 0 aromatic carbocycles. The summed E-state index contributed by atoms with van der Waals surface area (Å²) in [4.78, 5) is 0. The molecular weight excluding hydrogens is 230 g/mol. The Hall–Kier alpha value is -0.0400. The third-order valence-electron chi connectivity index (χ3n) is 8.10. The molecule has 0 heterocycles. The second kappa shape index (κ2) is 3.78. The molecule has 2 bridgehead atoms. The van der Waals surface area contributed by atoms with Crippen molar-refractivity contribution in [1.82, 2.24) is 0 Å². The van der Waals surface area contributed by atoms with Crippen LogP contribution in [0.1, 0.15) is 71.6 Å². The standard InChI is InChI=1S/C18H31N/c1-3-4-5-17-12-18(17)7-6-16(18)9-13(2)8-15(17)14(10-16)11-19/h13-15H,3-12,19H2,1-2H3/t13-,14?,15?,16?,17?,18?/m0/s1. The minimum Gasteiger partial charge on any atom is -0.330 e. The van der Waals surface area contributed by atoms with Crippen LogP contribution in [0.25, 0.3) is 0 Å². The summed E-state index contributed by atoms with van der Waals surface area (Å²) < 4.78 is 0. The van der Waals surface area contributed by atoms with Gasteiger partial charge in [-0.15, -0.1) is 0 Å². The fraction of sp³-hybridized carbons (Fsp3) is 1.00. The first-order valence-corrected chi connectivity index (χ1v) is 8.83. The Morgan fingerprint density at radius 1 is 1.21 bits per heavy atom. The lowest BCUT2D eigenvalue weighted by molar-refractivity contribution is -0.104. The molecule has 5 saturated carbocycles. The molecule has 1 nitrogen and oxygen atoms in total. The minimum absolute atomic E-state index is 0.747. The molecule has 5 aliphatic carbocycles. The van der Waals surface area contributed by atoms with Crippen molar-refractivity contribution in [2.24, 2.45) is 39.7 Å². The Bertz CT molecular complexity index is 391. The van der Waals surface area contributed by atoms with Crippen LogP contribution in [0.5, 0.6) is 0 Å². The van der Waals surface area contributed by atoms with Gasteiger partial charge in [0.25, 0.3) is 0 Å². The van der Waals surface area contributed by atoms with Crippen molar-refractivity contribution in [3.05, 3.63) is 0 Å². The zero-order chi connectivity index (χ0) is 13.3. The molecule has 0 saturated heterocycles. The van der Waals surface area contributed by atoms with Crippen LogP contribution in [-0.4, -0.2) is 6.54 Å². The van der Waals surface area contributed by atoms with Crippen molar-refractivity contribution in [2.75, 3.05) is 6.54 Å². The Morgan fingerprint density at radius 2 is 2.05 bits per heavy atom. The monoisotopic (exact) mass is 261 g/mol. The molecule has 0 aromatic heterocycles. The predicted molar refractivity (Wildman–Crippen MR) is 79.7 cm³/mol. The fourth-order valence-electron chi connectivity index (χ4n) is 7.44. The van der Waals surface area contributed by atoms with E-state index in [0.717, 1.165) is 40.5 Å². The number of hydrogen-bond acceptors (Lipinski definition) is 1. The van der Waals surface area contributed by atoms with Crippen LogP contribution in [0.2, 0.25) is 0 Å². The highest BCUT2D eigenvalue weighted by molar-refractivity contribution is 5.32. The van der Waals surface area contributed by atoms with Crippen LogP contribution < -0.4 is 5.73 Å². The molecule has 0 amide bonds. The van der Waals surface area contributed by atoms with Gasteiger partial charge in [-0.25, -0.2) is 0 Å². The summed E-state index contributed by atoms with van der Waals surface area (Å²) in [5, 5.41) is 0. The molecule has 19 heavy (non-hydrogen) atoms. The molecule has 6 atom stereocenters. The van der Waals surface area contributed by atoms with E-state index < -0.39 is 0 Å². The molecular formula is C18H31N. The summed E-state index contributed by atoms with van der Waals surface area (Å²) in [6.45, 7) is 5.85. The molecule has 1 heteroatoms. The topological polar surface area (TPSA) is 26.0 Å². The highest BCUT2D eigenvalue weighted by atomic mass is 14.9. The minimum atomic E-state index is 0.747. The first kappa shape index (κ1) is 12.7. The molecule has 2 N–H and O–H groups in total. The third kappa shape index (κ3) is 1.27. The van der Waals surface area contributed by atoms with Gasteiger partial charge in [0, 0.05) is 0 Å². The van der Waals surface area contributed by atoms with Gasteiger partial charge in [0.15, 0.2) is 0 Å². The number of rotatable bonds is 4. The highest BCUT2D eigenvalue weighted by Gasteiger charge is 2.84. The largest absolute Gasteiger partial charge is 0.330 e. The summed E-state index contributed by atoms with van der Waals surface area (Å²) in [5.41, 5.74) is 8.52. The first-order chi connectivity index (χ1) is 9.13. The Balaban J connectivity index is 1.73. The Morgan fingerprint density at radius 3 is 2.68 bits per heavy atom.